The third kappa shape index (κ3) is 3.94. The molecule has 0 spiro atoms. The van der Waals surface area contributed by atoms with E-state index in [4.69, 9.17) is 17.3 Å². The average Bonchev–Trinajstić information content (AvgIpc) is 1.88. The van der Waals surface area contributed by atoms with E-state index in [1.165, 1.54) is 0 Å². The Hall–Kier alpha value is 0.200. The molecule has 0 aromatic heterocycles. The Morgan fingerprint density at radius 2 is 2.09 bits per heavy atom. The van der Waals surface area contributed by atoms with Gasteiger partial charge in [-0.2, -0.15) is 0 Å². The summed E-state index contributed by atoms with van der Waals surface area (Å²) in [6.45, 7) is 2.07. The number of sulfone groups is 1. The van der Waals surface area contributed by atoms with Crippen LogP contribution in [0.1, 0.15) is 13.3 Å². The second kappa shape index (κ2) is 4.95. The Bertz CT molecular complexity index is 191. The first-order chi connectivity index (χ1) is 5.04. The maximum atomic E-state index is 11.2. The lowest BCUT2D eigenvalue weighted by Gasteiger charge is -2.09. The summed E-state index contributed by atoms with van der Waals surface area (Å²) >= 11 is 5.32. The van der Waals surface area contributed by atoms with Crippen molar-refractivity contribution in [3.8, 4) is 0 Å². The summed E-state index contributed by atoms with van der Waals surface area (Å²) in [5.74, 6) is 0.215. The third-order valence-corrected chi connectivity index (χ3v) is 4.20. The van der Waals surface area contributed by atoms with E-state index in [0.29, 0.717) is 13.0 Å². The van der Waals surface area contributed by atoms with Crippen molar-refractivity contribution in [3.63, 3.8) is 0 Å². The van der Waals surface area contributed by atoms with Gasteiger partial charge in [0.15, 0.2) is 9.84 Å². The van der Waals surface area contributed by atoms with Crippen LogP contribution in [0.5, 0.6) is 0 Å². The lowest BCUT2D eigenvalue weighted by Crippen LogP contribution is -2.24. The summed E-state index contributed by atoms with van der Waals surface area (Å²) in [6.07, 6.45) is 0.513. The van der Waals surface area contributed by atoms with E-state index < -0.39 is 9.84 Å². The van der Waals surface area contributed by atoms with Gasteiger partial charge in [-0.05, 0) is 19.9 Å². The minimum absolute atomic E-state index is 0.0513. The van der Waals surface area contributed by atoms with Crippen LogP contribution >= 0.6 is 11.6 Å². The SMILES string of the molecule is CC(CCN)S(=O)(=O)CCCl. The molecule has 0 fully saturated rings. The number of alkyl halides is 1. The quantitative estimate of drug-likeness (QED) is 0.652. The Morgan fingerprint density at radius 3 is 2.45 bits per heavy atom. The van der Waals surface area contributed by atoms with Crippen molar-refractivity contribution in [1.82, 2.24) is 0 Å². The van der Waals surface area contributed by atoms with Crippen LogP contribution in [0.2, 0.25) is 0 Å². The van der Waals surface area contributed by atoms with E-state index >= 15 is 0 Å². The molecule has 0 radical (unpaired) electrons. The fourth-order valence-electron chi connectivity index (χ4n) is 0.723. The lowest BCUT2D eigenvalue weighted by atomic mass is 10.3. The monoisotopic (exact) mass is 199 g/mol. The molecule has 0 aliphatic rings. The van der Waals surface area contributed by atoms with E-state index in [1.54, 1.807) is 6.92 Å². The predicted molar refractivity (Wildman–Crippen MR) is 47.6 cm³/mol. The van der Waals surface area contributed by atoms with Crippen LogP contribution in [-0.2, 0) is 9.84 Å². The standard InChI is InChI=1S/C6H14ClNO2S/c1-6(2-4-8)11(9,10)5-3-7/h6H,2-5,8H2,1H3. The first-order valence-corrected chi connectivity index (χ1v) is 5.77. The van der Waals surface area contributed by atoms with E-state index in [0.717, 1.165) is 0 Å². The topological polar surface area (TPSA) is 60.2 Å². The van der Waals surface area contributed by atoms with Gasteiger partial charge in [-0.15, -0.1) is 11.6 Å². The second-order valence-corrected chi connectivity index (χ2v) is 5.36. The normalized spacial score (nSPS) is 14.8. The molecule has 5 heteroatoms. The van der Waals surface area contributed by atoms with Gasteiger partial charge in [0.05, 0.1) is 11.0 Å². The molecule has 0 aromatic rings. The molecule has 0 aliphatic carbocycles. The number of hydrogen-bond acceptors (Lipinski definition) is 3. The van der Waals surface area contributed by atoms with Crippen molar-refractivity contribution in [2.75, 3.05) is 18.2 Å². The first-order valence-electron chi connectivity index (χ1n) is 3.52. The Balaban J connectivity index is 4.07. The summed E-state index contributed by atoms with van der Waals surface area (Å²) in [4.78, 5) is 0. The molecule has 11 heavy (non-hydrogen) atoms. The molecule has 2 N–H and O–H groups in total. The van der Waals surface area contributed by atoms with Crippen molar-refractivity contribution >= 4 is 21.4 Å². The van der Waals surface area contributed by atoms with Crippen LogP contribution in [0.4, 0.5) is 0 Å². The minimum Gasteiger partial charge on any atom is -0.330 e. The maximum absolute atomic E-state index is 11.2. The zero-order valence-electron chi connectivity index (χ0n) is 6.59. The first kappa shape index (κ1) is 11.2. The van der Waals surface area contributed by atoms with E-state index in [1.807, 2.05) is 0 Å². The van der Waals surface area contributed by atoms with E-state index in [-0.39, 0.29) is 16.9 Å². The smallest absolute Gasteiger partial charge is 0.154 e. The van der Waals surface area contributed by atoms with Crippen LogP contribution in [0, 0.1) is 0 Å². The van der Waals surface area contributed by atoms with Gasteiger partial charge in [0, 0.05) is 5.88 Å². The lowest BCUT2D eigenvalue weighted by molar-refractivity contribution is 0.579. The van der Waals surface area contributed by atoms with Crippen molar-refractivity contribution in [2.45, 2.75) is 18.6 Å². The highest BCUT2D eigenvalue weighted by atomic mass is 35.5. The van der Waals surface area contributed by atoms with Crippen molar-refractivity contribution in [3.05, 3.63) is 0 Å². The van der Waals surface area contributed by atoms with E-state index in [9.17, 15) is 8.42 Å². The molecule has 0 rings (SSSR count). The molecule has 1 atom stereocenters. The van der Waals surface area contributed by atoms with Crippen LogP contribution in [-0.4, -0.2) is 31.8 Å². The molecule has 0 aliphatic heterocycles. The largest absolute Gasteiger partial charge is 0.330 e. The van der Waals surface area contributed by atoms with Crippen LogP contribution < -0.4 is 5.73 Å². The van der Waals surface area contributed by atoms with Crippen LogP contribution in [0.25, 0.3) is 0 Å². The Kier molecular flexibility index (Phi) is 5.04. The highest BCUT2D eigenvalue weighted by molar-refractivity contribution is 7.92. The Labute approximate surface area is 72.8 Å². The van der Waals surface area contributed by atoms with Crippen molar-refractivity contribution < 1.29 is 8.42 Å². The van der Waals surface area contributed by atoms with Crippen LogP contribution in [0.3, 0.4) is 0 Å². The molecule has 1 unspecified atom stereocenters. The molecule has 3 nitrogen and oxygen atoms in total. The molecular weight excluding hydrogens is 186 g/mol. The number of halogens is 1. The molecule has 0 heterocycles. The van der Waals surface area contributed by atoms with Gasteiger partial charge in [-0.25, -0.2) is 8.42 Å². The fraction of sp³-hybridized carbons (Fsp3) is 1.00. The molecule has 68 valence electrons. The van der Waals surface area contributed by atoms with Gasteiger partial charge in [0.2, 0.25) is 0 Å². The van der Waals surface area contributed by atoms with Crippen LogP contribution in [0.15, 0.2) is 0 Å². The third-order valence-electron chi connectivity index (χ3n) is 1.55. The Morgan fingerprint density at radius 1 is 1.55 bits per heavy atom. The summed E-state index contributed by atoms with van der Waals surface area (Å²) in [7, 11) is -2.98. The highest BCUT2D eigenvalue weighted by Gasteiger charge is 2.18. The van der Waals surface area contributed by atoms with Gasteiger partial charge in [0.1, 0.15) is 0 Å². The maximum Gasteiger partial charge on any atom is 0.154 e. The predicted octanol–water partition coefficient (Wildman–Crippen LogP) is 0.377. The van der Waals surface area contributed by atoms with Gasteiger partial charge in [-0.1, -0.05) is 0 Å². The number of nitrogens with two attached hydrogens (primary N) is 1. The van der Waals surface area contributed by atoms with Gasteiger partial charge in [-0.3, -0.25) is 0 Å². The summed E-state index contributed by atoms with van der Waals surface area (Å²) < 4.78 is 22.4. The van der Waals surface area contributed by atoms with Crippen molar-refractivity contribution in [1.29, 1.82) is 0 Å². The van der Waals surface area contributed by atoms with Gasteiger partial charge < -0.3 is 5.73 Å². The minimum atomic E-state index is -2.98. The zero-order valence-corrected chi connectivity index (χ0v) is 8.16. The zero-order chi connectivity index (χ0) is 8.91. The van der Waals surface area contributed by atoms with Gasteiger partial charge >= 0.3 is 0 Å². The van der Waals surface area contributed by atoms with E-state index in [2.05, 4.69) is 0 Å². The average molecular weight is 200 g/mol. The molecule has 0 saturated heterocycles. The molecular formula is C6H14ClNO2S. The van der Waals surface area contributed by atoms with Crippen molar-refractivity contribution in [2.24, 2.45) is 5.73 Å². The summed E-state index contributed by atoms with van der Waals surface area (Å²) in [5, 5.41) is -0.355. The molecule has 0 aromatic carbocycles. The molecule has 0 amide bonds. The number of hydrogen-bond donors (Lipinski definition) is 1. The number of rotatable bonds is 5. The second-order valence-electron chi connectivity index (χ2n) is 2.44. The summed E-state index contributed by atoms with van der Waals surface area (Å²) in [6, 6.07) is 0. The molecule has 0 saturated carbocycles. The fourth-order valence-corrected chi connectivity index (χ4v) is 2.48. The highest BCUT2D eigenvalue weighted by Crippen LogP contribution is 2.05. The summed E-state index contributed by atoms with van der Waals surface area (Å²) in [5.41, 5.74) is 5.22. The van der Waals surface area contributed by atoms with Gasteiger partial charge in [0.25, 0.3) is 0 Å². The molecule has 0 bridgehead atoms.